The largest absolute Gasteiger partial charge is 0.461 e. The fourth-order valence-corrected chi connectivity index (χ4v) is 0.883. The van der Waals surface area contributed by atoms with Crippen LogP contribution in [0, 0.1) is 0 Å². The number of rotatable bonds is 2. The van der Waals surface area contributed by atoms with Gasteiger partial charge < -0.3 is 4.74 Å². The molecule has 0 aromatic carbocycles. The molecule has 0 aromatic rings. The van der Waals surface area contributed by atoms with E-state index in [1.54, 1.807) is 13.1 Å². The van der Waals surface area contributed by atoms with E-state index in [1.807, 2.05) is 6.92 Å². The van der Waals surface area contributed by atoms with Crippen LogP contribution in [0.1, 0.15) is 20.3 Å². The molecule has 0 spiro atoms. The highest BCUT2D eigenvalue weighted by Crippen LogP contribution is 2.10. The molecule has 0 aliphatic carbocycles. The third-order valence-electron chi connectivity index (χ3n) is 1.40. The fourth-order valence-electron chi connectivity index (χ4n) is 0.883. The van der Waals surface area contributed by atoms with E-state index < -0.39 is 0 Å². The first-order valence-electron chi connectivity index (χ1n) is 3.63. The molecule has 0 fully saturated rings. The second-order valence-corrected chi connectivity index (χ2v) is 2.45. The average Bonchev–Trinajstić information content (AvgIpc) is 2.36. The molecule has 0 saturated carbocycles. The predicted molar refractivity (Wildman–Crippen MR) is 42.4 cm³/mol. The van der Waals surface area contributed by atoms with Gasteiger partial charge in [-0.3, -0.25) is 4.99 Å². The van der Waals surface area contributed by atoms with Crippen molar-refractivity contribution in [3.8, 4) is 0 Å². The Kier molecular flexibility index (Phi) is 2.41. The number of aliphatic imine (C=N–C) groups is 1. The average molecular weight is 153 g/mol. The van der Waals surface area contributed by atoms with E-state index in [2.05, 4.69) is 4.99 Å². The van der Waals surface area contributed by atoms with Crippen molar-refractivity contribution in [1.82, 2.24) is 0 Å². The van der Waals surface area contributed by atoms with Gasteiger partial charge in [0.05, 0.1) is 6.61 Å². The van der Waals surface area contributed by atoms with E-state index in [1.165, 1.54) is 0 Å². The van der Waals surface area contributed by atoms with E-state index >= 15 is 0 Å². The van der Waals surface area contributed by atoms with Crippen LogP contribution in [0.4, 0.5) is 0 Å². The quantitative estimate of drug-likeness (QED) is 0.561. The van der Waals surface area contributed by atoms with Crippen LogP contribution in [-0.2, 0) is 9.53 Å². The summed E-state index contributed by atoms with van der Waals surface area (Å²) in [5.41, 5.74) is 1.62. The standard InChI is InChI=1S/C8H11NO2/c1-3-11-8(10)7-4-6(2)5-9-7/h5H,3-4H2,1-2H3. The molecular formula is C8H11NO2. The third-order valence-corrected chi connectivity index (χ3v) is 1.40. The lowest BCUT2D eigenvalue weighted by atomic mass is 10.2. The van der Waals surface area contributed by atoms with Gasteiger partial charge in [-0.15, -0.1) is 0 Å². The molecular weight excluding hydrogens is 142 g/mol. The minimum absolute atomic E-state index is 0.291. The number of carbonyl (C=O) groups excluding carboxylic acids is 1. The molecule has 0 saturated heterocycles. The van der Waals surface area contributed by atoms with Crippen LogP contribution in [0.3, 0.4) is 0 Å². The zero-order chi connectivity index (χ0) is 8.27. The number of hydrogen-bond acceptors (Lipinski definition) is 3. The Morgan fingerprint density at radius 1 is 1.82 bits per heavy atom. The zero-order valence-electron chi connectivity index (χ0n) is 6.76. The fraction of sp³-hybridized carbons (Fsp3) is 0.500. The smallest absolute Gasteiger partial charge is 0.352 e. The molecule has 0 bridgehead atoms. The van der Waals surface area contributed by atoms with Gasteiger partial charge in [0.2, 0.25) is 0 Å². The number of ether oxygens (including phenoxy) is 1. The van der Waals surface area contributed by atoms with Gasteiger partial charge in [-0.05, 0) is 19.4 Å². The minimum atomic E-state index is -0.291. The van der Waals surface area contributed by atoms with Crippen LogP contribution in [-0.4, -0.2) is 18.3 Å². The molecule has 0 atom stereocenters. The Labute approximate surface area is 65.8 Å². The first-order chi connectivity index (χ1) is 5.24. The SMILES string of the molecule is CCOC(=O)C1=NC=C(C)C1. The maximum Gasteiger partial charge on any atom is 0.352 e. The Hall–Kier alpha value is -1.12. The van der Waals surface area contributed by atoms with Crippen molar-refractivity contribution >= 4 is 11.7 Å². The van der Waals surface area contributed by atoms with E-state index in [4.69, 9.17) is 4.74 Å². The van der Waals surface area contributed by atoms with Crippen LogP contribution in [0.5, 0.6) is 0 Å². The summed E-state index contributed by atoms with van der Waals surface area (Å²) in [6, 6.07) is 0. The Morgan fingerprint density at radius 2 is 2.55 bits per heavy atom. The number of esters is 1. The lowest BCUT2D eigenvalue weighted by Crippen LogP contribution is -2.15. The molecule has 0 aromatic heterocycles. The van der Waals surface area contributed by atoms with Gasteiger partial charge in [-0.25, -0.2) is 4.79 Å². The Morgan fingerprint density at radius 3 is 3.00 bits per heavy atom. The number of hydrogen-bond donors (Lipinski definition) is 0. The topological polar surface area (TPSA) is 38.7 Å². The summed E-state index contributed by atoms with van der Waals surface area (Å²) >= 11 is 0. The first kappa shape index (κ1) is 7.98. The molecule has 0 radical (unpaired) electrons. The monoisotopic (exact) mass is 153 g/mol. The summed E-state index contributed by atoms with van der Waals surface area (Å²) in [5.74, 6) is -0.291. The van der Waals surface area contributed by atoms with Gasteiger partial charge in [0.25, 0.3) is 0 Å². The number of carbonyl (C=O) groups is 1. The van der Waals surface area contributed by atoms with Gasteiger partial charge in [0.1, 0.15) is 5.71 Å². The Balaban J connectivity index is 2.47. The van der Waals surface area contributed by atoms with Crippen molar-refractivity contribution in [2.45, 2.75) is 20.3 Å². The lowest BCUT2D eigenvalue weighted by molar-refractivity contribution is -0.135. The van der Waals surface area contributed by atoms with Gasteiger partial charge in [0, 0.05) is 12.6 Å². The molecule has 3 heteroatoms. The lowest BCUT2D eigenvalue weighted by Gasteiger charge is -1.99. The summed E-state index contributed by atoms with van der Waals surface area (Å²) < 4.78 is 4.77. The highest BCUT2D eigenvalue weighted by molar-refractivity contribution is 6.37. The molecule has 1 aliphatic heterocycles. The van der Waals surface area contributed by atoms with Crippen LogP contribution in [0.15, 0.2) is 16.8 Å². The van der Waals surface area contributed by atoms with Crippen molar-refractivity contribution in [3.05, 3.63) is 11.8 Å². The molecule has 3 nitrogen and oxygen atoms in total. The van der Waals surface area contributed by atoms with Crippen molar-refractivity contribution in [1.29, 1.82) is 0 Å². The van der Waals surface area contributed by atoms with E-state index in [-0.39, 0.29) is 5.97 Å². The first-order valence-corrected chi connectivity index (χ1v) is 3.63. The van der Waals surface area contributed by atoms with Crippen molar-refractivity contribution in [3.63, 3.8) is 0 Å². The highest BCUT2D eigenvalue weighted by atomic mass is 16.5. The predicted octanol–water partition coefficient (Wildman–Crippen LogP) is 1.30. The van der Waals surface area contributed by atoms with E-state index in [9.17, 15) is 4.79 Å². The maximum atomic E-state index is 11.0. The van der Waals surface area contributed by atoms with E-state index in [0.717, 1.165) is 5.57 Å². The molecule has 1 heterocycles. The van der Waals surface area contributed by atoms with Crippen LogP contribution in [0.25, 0.3) is 0 Å². The van der Waals surface area contributed by atoms with Crippen molar-refractivity contribution < 1.29 is 9.53 Å². The second-order valence-electron chi connectivity index (χ2n) is 2.45. The van der Waals surface area contributed by atoms with Crippen LogP contribution >= 0.6 is 0 Å². The summed E-state index contributed by atoms with van der Waals surface area (Å²) in [5, 5.41) is 0. The van der Waals surface area contributed by atoms with Gasteiger partial charge >= 0.3 is 5.97 Å². The second kappa shape index (κ2) is 3.32. The highest BCUT2D eigenvalue weighted by Gasteiger charge is 2.15. The summed E-state index contributed by atoms with van der Waals surface area (Å²) in [4.78, 5) is 14.9. The van der Waals surface area contributed by atoms with Gasteiger partial charge in [-0.1, -0.05) is 0 Å². The molecule has 0 unspecified atom stereocenters. The van der Waals surface area contributed by atoms with Gasteiger partial charge in [-0.2, -0.15) is 0 Å². The molecule has 60 valence electrons. The van der Waals surface area contributed by atoms with E-state index in [0.29, 0.717) is 18.7 Å². The summed E-state index contributed by atoms with van der Waals surface area (Å²) in [6.45, 7) is 4.14. The van der Waals surface area contributed by atoms with Crippen LogP contribution in [0.2, 0.25) is 0 Å². The minimum Gasteiger partial charge on any atom is -0.461 e. The molecule has 0 amide bonds. The van der Waals surface area contributed by atoms with Crippen molar-refractivity contribution in [2.75, 3.05) is 6.61 Å². The number of nitrogens with zero attached hydrogens (tertiary/aromatic N) is 1. The molecule has 0 N–H and O–H groups in total. The normalized spacial score (nSPS) is 15.8. The third kappa shape index (κ3) is 1.90. The molecule has 1 aliphatic rings. The molecule has 1 rings (SSSR count). The maximum absolute atomic E-state index is 11.0. The zero-order valence-corrected chi connectivity index (χ0v) is 6.76. The molecule has 11 heavy (non-hydrogen) atoms. The summed E-state index contributed by atoms with van der Waals surface area (Å²) in [7, 11) is 0. The Bertz CT molecular complexity index is 228. The summed E-state index contributed by atoms with van der Waals surface area (Å²) in [6.07, 6.45) is 2.34. The van der Waals surface area contributed by atoms with Crippen LogP contribution < -0.4 is 0 Å². The van der Waals surface area contributed by atoms with Crippen molar-refractivity contribution in [2.24, 2.45) is 4.99 Å². The number of allylic oxidation sites excluding steroid dienone is 1. The van der Waals surface area contributed by atoms with Gasteiger partial charge in [0.15, 0.2) is 0 Å².